The minimum absolute atomic E-state index is 0.137. The molecule has 1 fully saturated rings. The third kappa shape index (κ3) is 4.98. The van der Waals surface area contributed by atoms with Gasteiger partial charge in [-0.2, -0.15) is 0 Å². The molecule has 86 valence electrons. The molecule has 0 amide bonds. The maximum absolute atomic E-state index is 11.3. The zero-order valence-corrected chi connectivity index (χ0v) is 9.62. The number of esters is 1. The van der Waals surface area contributed by atoms with Crippen LogP contribution in [0.25, 0.3) is 0 Å². The second-order valence-corrected chi connectivity index (χ2v) is 4.01. The average Bonchev–Trinajstić information content (AvgIpc) is 2.12. The monoisotopic (exact) mass is 212 g/mol. The first-order valence-electron chi connectivity index (χ1n) is 5.68. The van der Waals surface area contributed by atoms with E-state index in [1.807, 2.05) is 6.92 Å². The van der Waals surface area contributed by atoms with Crippen molar-refractivity contribution in [1.82, 2.24) is 0 Å². The molecule has 0 N–H and O–H groups in total. The number of carbonyl (C=O) groups is 1. The van der Waals surface area contributed by atoms with E-state index < -0.39 is 0 Å². The molecule has 3 nitrogen and oxygen atoms in total. The van der Waals surface area contributed by atoms with Crippen molar-refractivity contribution < 1.29 is 14.3 Å². The summed E-state index contributed by atoms with van der Waals surface area (Å²) in [5.41, 5.74) is 1.09. The zero-order valence-electron chi connectivity index (χ0n) is 9.62. The highest BCUT2D eigenvalue weighted by Crippen LogP contribution is 2.11. The van der Waals surface area contributed by atoms with Crippen molar-refractivity contribution in [2.24, 2.45) is 0 Å². The van der Waals surface area contributed by atoms with E-state index in [0.29, 0.717) is 6.61 Å². The Morgan fingerprint density at radius 2 is 2.33 bits per heavy atom. The van der Waals surface area contributed by atoms with Gasteiger partial charge >= 0.3 is 5.97 Å². The quantitative estimate of drug-likeness (QED) is 0.501. The van der Waals surface area contributed by atoms with Gasteiger partial charge in [0.25, 0.3) is 0 Å². The molecule has 0 aliphatic carbocycles. The van der Waals surface area contributed by atoms with E-state index in [-0.39, 0.29) is 12.1 Å². The summed E-state index contributed by atoms with van der Waals surface area (Å²) >= 11 is 0. The maximum atomic E-state index is 11.3. The van der Waals surface area contributed by atoms with Crippen molar-refractivity contribution in [3.8, 4) is 0 Å². The lowest BCUT2D eigenvalue weighted by Gasteiger charge is -2.25. The van der Waals surface area contributed by atoms with Gasteiger partial charge in [-0.15, -0.1) is 0 Å². The Labute approximate surface area is 91.4 Å². The molecular weight excluding hydrogens is 192 g/mol. The van der Waals surface area contributed by atoms with Gasteiger partial charge in [0, 0.05) is 19.1 Å². The molecule has 0 aromatic rings. The van der Waals surface area contributed by atoms with Crippen molar-refractivity contribution in [2.45, 2.75) is 45.6 Å². The molecule has 0 bridgehead atoms. The number of allylic oxidation sites excluding steroid dienone is 1. The lowest BCUT2D eigenvalue weighted by molar-refractivity contribution is -0.148. The summed E-state index contributed by atoms with van der Waals surface area (Å²) in [6.07, 6.45) is 5.99. The van der Waals surface area contributed by atoms with Crippen molar-refractivity contribution >= 4 is 5.97 Å². The van der Waals surface area contributed by atoms with Crippen LogP contribution in [-0.2, 0) is 14.3 Å². The summed E-state index contributed by atoms with van der Waals surface area (Å²) in [7, 11) is 0. The van der Waals surface area contributed by atoms with E-state index in [0.717, 1.165) is 37.9 Å². The summed E-state index contributed by atoms with van der Waals surface area (Å²) in [6, 6.07) is 0. The standard InChI is InChI=1S/C12H20O3/c1-3-4-5-10(2)8-12(13)15-9-11-6-7-14-11/h8,11H,3-7,9H2,1-2H3. The predicted molar refractivity (Wildman–Crippen MR) is 58.6 cm³/mol. The third-order valence-electron chi connectivity index (χ3n) is 2.49. The van der Waals surface area contributed by atoms with Crippen molar-refractivity contribution in [3.05, 3.63) is 11.6 Å². The van der Waals surface area contributed by atoms with E-state index in [1.165, 1.54) is 0 Å². The minimum atomic E-state index is -0.237. The molecule has 1 rings (SSSR count). The van der Waals surface area contributed by atoms with Gasteiger partial charge in [-0.3, -0.25) is 0 Å². The summed E-state index contributed by atoms with van der Waals surface area (Å²) in [5.74, 6) is -0.237. The van der Waals surface area contributed by atoms with E-state index >= 15 is 0 Å². The average molecular weight is 212 g/mol. The summed E-state index contributed by atoms with van der Waals surface area (Å²) < 4.78 is 10.2. The molecular formula is C12H20O3. The second kappa shape index (κ2) is 6.62. The molecule has 0 aromatic carbocycles. The van der Waals surface area contributed by atoms with Crippen LogP contribution in [0.15, 0.2) is 11.6 Å². The van der Waals surface area contributed by atoms with Crippen molar-refractivity contribution in [3.63, 3.8) is 0 Å². The Bertz CT molecular complexity index is 229. The number of rotatable bonds is 6. The van der Waals surface area contributed by atoms with Gasteiger partial charge in [0.15, 0.2) is 0 Å². The Morgan fingerprint density at radius 1 is 1.60 bits per heavy atom. The van der Waals surface area contributed by atoms with Crippen LogP contribution in [0, 0.1) is 0 Å². The summed E-state index contributed by atoms with van der Waals surface area (Å²) in [6.45, 7) is 5.31. The van der Waals surface area contributed by atoms with Gasteiger partial charge in [-0.1, -0.05) is 18.9 Å². The predicted octanol–water partition coefficient (Wildman–Crippen LogP) is 2.46. The highest BCUT2D eigenvalue weighted by atomic mass is 16.6. The number of hydrogen-bond acceptors (Lipinski definition) is 3. The number of carbonyl (C=O) groups excluding carboxylic acids is 1. The first-order valence-corrected chi connectivity index (χ1v) is 5.68. The first kappa shape index (κ1) is 12.2. The van der Waals surface area contributed by atoms with Crippen molar-refractivity contribution in [1.29, 1.82) is 0 Å². The van der Waals surface area contributed by atoms with Gasteiger partial charge in [0.05, 0.1) is 6.10 Å². The summed E-state index contributed by atoms with van der Waals surface area (Å²) in [5, 5.41) is 0. The number of unbranched alkanes of at least 4 members (excludes halogenated alkanes) is 1. The molecule has 0 spiro atoms. The molecule has 1 heterocycles. The van der Waals surface area contributed by atoms with Crippen LogP contribution in [0.3, 0.4) is 0 Å². The first-order chi connectivity index (χ1) is 7.22. The largest absolute Gasteiger partial charge is 0.460 e. The van der Waals surface area contributed by atoms with Gasteiger partial charge in [0.1, 0.15) is 6.61 Å². The smallest absolute Gasteiger partial charge is 0.330 e. The molecule has 0 aromatic heterocycles. The molecule has 1 aliphatic rings. The molecule has 0 radical (unpaired) electrons. The van der Waals surface area contributed by atoms with E-state index in [4.69, 9.17) is 9.47 Å². The van der Waals surface area contributed by atoms with Crippen LogP contribution in [0.2, 0.25) is 0 Å². The van der Waals surface area contributed by atoms with Crippen LogP contribution in [-0.4, -0.2) is 25.3 Å². The van der Waals surface area contributed by atoms with Crippen LogP contribution in [0.5, 0.6) is 0 Å². The van der Waals surface area contributed by atoms with Gasteiger partial charge < -0.3 is 9.47 Å². The van der Waals surface area contributed by atoms with Crippen LogP contribution in [0.1, 0.15) is 39.5 Å². The summed E-state index contributed by atoms with van der Waals surface area (Å²) in [4.78, 5) is 11.3. The molecule has 3 heteroatoms. The lowest BCUT2D eigenvalue weighted by atomic mass is 10.1. The van der Waals surface area contributed by atoms with E-state index in [1.54, 1.807) is 6.08 Å². The fraction of sp³-hybridized carbons (Fsp3) is 0.750. The lowest BCUT2D eigenvalue weighted by Crippen LogP contribution is -2.32. The Hall–Kier alpha value is -0.830. The molecule has 1 saturated heterocycles. The fourth-order valence-corrected chi connectivity index (χ4v) is 1.36. The number of hydrogen-bond donors (Lipinski definition) is 0. The van der Waals surface area contributed by atoms with E-state index in [2.05, 4.69) is 6.92 Å². The fourth-order valence-electron chi connectivity index (χ4n) is 1.36. The van der Waals surface area contributed by atoms with Crippen LogP contribution in [0.4, 0.5) is 0 Å². The highest BCUT2D eigenvalue weighted by molar-refractivity contribution is 5.82. The molecule has 1 atom stereocenters. The Balaban J connectivity index is 2.14. The maximum Gasteiger partial charge on any atom is 0.330 e. The van der Waals surface area contributed by atoms with Crippen LogP contribution >= 0.6 is 0 Å². The third-order valence-corrected chi connectivity index (χ3v) is 2.49. The Kier molecular flexibility index (Phi) is 5.40. The second-order valence-electron chi connectivity index (χ2n) is 4.01. The zero-order chi connectivity index (χ0) is 11.1. The van der Waals surface area contributed by atoms with Gasteiger partial charge in [0.2, 0.25) is 0 Å². The highest BCUT2D eigenvalue weighted by Gasteiger charge is 2.19. The van der Waals surface area contributed by atoms with Gasteiger partial charge in [-0.25, -0.2) is 4.79 Å². The normalized spacial score (nSPS) is 20.9. The number of ether oxygens (including phenoxy) is 2. The molecule has 1 unspecified atom stereocenters. The minimum Gasteiger partial charge on any atom is -0.460 e. The molecule has 15 heavy (non-hydrogen) atoms. The molecule has 0 saturated carbocycles. The van der Waals surface area contributed by atoms with Gasteiger partial charge in [-0.05, 0) is 19.8 Å². The van der Waals surface area contributed by atoms with E-state index in [9.17, 15) is 4.79 Å². The molecule has 1 aliphatic heterocycles. The SMILES string of the molecule is CCCCC(C)=CC(=O)OCC1CCO1. The topological polar surface area (TPSA) is 35.5 Å². The van der Waals surface area contributed by atoms with Crippen LogP contribution < -0.4 is 0 Å². The Morgan fingerprint density at radius 3 is 2.87 bits per heavy atom. The van der Waals surface area contributed by atoms with Crippen molar-refractivity contribution in [2.75, 3.05) is 13.2 Å².